The van der Waals surface area contributed by atoms with Crippen molar-refractivity contribution in [1.29, 1.82) is 0 Å². The van der Waals surface area contributed by atoms with Gasteiger partial charge in [0.2, 0.25) is 0 Å². The standard InChI is InChI=1S/C8H11N3/c1-4-5-8-10-6(2)9-7(3)11-8/h4-5H,1-3H3/b5-4+/i2D3,3D3,5D. The highest BCUT2D eigenvalue weighted by molar-refractivity contribution is 5.38. The Balaban J connectivity index is 3.49. The molecule has 0 radical (unpaired) electrons. The van der Waals surface area contributed by atoms with Crippen molar-refractivity contribution in [2.24, 2.45) is 0 Å². The van der Waals surface area contributed by atoms with Crippen molar-refractivity contribution in [3.8, 4) is 0 Å². The lowest BCUT2D eigenvalue weighted by atomic mass is 10.5. The van der Waals surface area contributed by atoms with Gasteiger partial charge in [-0.2, -0.15) is 0 Å². The second kappa shape index (κ2) is 3.23. The molecule has 1 aromatic heterocycles. The summed E-state index contributed by atoms with van der Waals surface area (Å²) >= 11 is 0. The van der Waals surface area contributed by atoms with Crippen LogP contribution in [0.5, 0.6) is 0 Å². The van der Waals surface area contributed by atoms with Gasteiger partial charge >= 0.3 is 0 Å². The van der Waals surface area contributed by atoms with Crippen LogP contribution in [0.25, 0.3) is 6.05 Å². The SMILES string of the molecule is [2H]/C(=C\C)c1nc(C([2H])([2H])[2H])nc(C([2H])([2H])[2H])n1. The smallest absolute Gasteiger partial charge is 0.155 e. The van der Waals surface area contributed by atoms with Crippen LogP contribution in [0.2, 0.25) is 0 Å². The van der Waals surface area contributed by atoms with E-state index in [9.17, 15) is 0 Å². The Morgan fingerprint density at radius 3 is 2.36 bits per heavy atom. The molecule has 0 bridgehead atoms. The number of rotatable bonds is 1. The van der Waals surface area contributed by atoms with Gasteiger partial charge in [0.1, 0.15) is 11.6 Å². The molecule has 11 heavy (non-hydrogen) atoms. The number of aryl methyl sites for hydroxylation is 2. The first-order chi connectivity index (χ1) is 8.05. The van der Waals surface area contributed by atoms with Crippen molar-refractivity contribution in [3.63, 3.8) is 0 Å². The molecule has 3 nitrogen and oxygen atoms in total. The molecular formula is C8H11N3. The first-order valence-electron chi connectivity index (χ1n) is 6.46. The van der Waals surface area contributed by atoms with Crippen LogP contribution in [0.4, 0.5) is 0 Å². The van der Waals surface area contributed by atoms with E-state index in [0.717, 1.165) is 0 Å². The average Bonchev–Trinajstić information content (AvgIpc) is 2.25. The number of aromatic nitrogens is 3. The van der Waals surface area contributed by atoms with Crippen LogP contribution in [0, 0.1) is 13.7 Å². The molecule has 0 spiro atoms. The summed E-state index contributed by atoms with van der Waals surface area (Å²) in [6, 6.07) is -0.159. The lowest BCUT2D eigenvalue weighted by molar-refractivity contribution is 0.907. The van der Waals surface area contributed by atoms with Crippen LogP contribution >= 0.6 is 0 Å². The maximum atomic E-state index is 7.51. The Kier molecular flexibility index (Phi) is 0.782. The van der Waals surface area contributed by atoms with Crippen molar-refractivity contribution in [1.82, 2.24) is 15.0 Å². The van der Waals surface area contributed by atoms with Gasteiger partial charge in [-0.15, -0.1) is 0 Å². The van der Waals surface area contributed by atoms with E-state index >= 15 is 0 Å². The van der Waals surface area contributed by atoms with E-state index in [2.05, 4.69) is 15.0 Å². The van der Waals surface area contributed by atoms with Gasteiger partial charge in [-0.3, -0.25) is 0 Å². The van der Waals surface area contributed by atoms with Crippen LogP contribution in [0.15, 0.2) is 6.08 Å². The fourth-order valence-corrected chi connectivity index (χ4v) is 0.570. The minimum absolute atomic E-state index is 0.159. The summed E-state index contributed by atoms with van der Waals surface area (Å²) in [4.78, 5) is 10.6. The van der Waals surface area contributed by atoms with Crippen molar-refractivity contribution >= 4 is 6.05 Å². The number of allylic oxidation sites excluding steroid dienone is 1. The van der Waals surface area contributed by atoms with Gasteiger partial charge in [-0.25, -0.2) is 15.0 Å². The van der Waals surface area contributed by atoms with Crippen molar-refractivity contribution in [2.45, 2.75) is 20.6 Å². The molecule has 0 aromatic carbocycles. The lowest BCUT2D eigenvalue weighted by Crippen LogP contribution is -1.97. The molecule has 0 amide bonds. The predicted molar refractivity (Wildman–Crippen MR) is 44.0 cm³/mol. The maximum absolute atomic E-state index is 7.51. The number of nitrogens with zero attached hydrogens (tertiary/aromatic N) is 3. The third kappa shape index (κ3) is 2.11. The van der Waals surface area contributed by atoms with Crippen LogP contribution in [-0.4, -0.2) is 15.0 Å². The van der Waals surface area contributed by atoms with Crippen LogP contribution in [-0.2, 0) is 0 Å². The van der Waals surface area contributed by atoms with Gasteiger partial charge in [-0.05, 0) is 26.7 Å². The summed E-state index contributed by atoms with van der Waals surface area (Å²) < 4.78 is 50.6. The second-order valence-electron chi connectivity index (χ2n) is 1.74. The predicted octanol–water partition coefficient (Wildman–Crippen LogP) is 1.52. The van der Waals surface area contributed by atoms with Gasteiger partial charge in [0.15, 0.2) is 5.82 Å². The van der Waals surface area contributed by atoms with E-state index in [1.807, 2.05) is 0 Å². The first kappa shape index (κ1) is 2.66. The van der Waals surface area contributed by atoms with Crippen LogP contribution < -0.4 is 0 Å². The average molecular weight is 156 g/mol. The van der Waals surface area contributed by atoms with Crippen LogP contribution in [0.3, 0.4) is 0 Å². The molecule has 0 aliphatic carbocycles. The summed E-state index contributed by atoms with van der Waals surface area (Å²) in [6.07, 6.45) is 1.34. The summed E-state index contributed by atoms with van der Waals surface area (Å²) in [5.74, 6) is -1.50. The number of hydrogen-bond donors (Lipinski definition) is 0. The van der Waals surface area contributed by atoms with E-state index in [4.69, 9.17) is 9.60 Å². The van der Waals surface area contributed by atoms with Gasteiger partial charge in [0, 0.05) is 8.22 Å². The largest absolute Gasteiger partial charge is 0.219 e. The Morgan fingerprint density at radius 2 is 1.91 bits per heavy atom. The molecule has 3 heteroatoms. The molecule has 1 rings (SSSR count). The fraction of sp³-hybridized carbons (Fsp3) is 0.375. The van der Waals surface area contributed by atoms with Crippen LogP contribution in [0.1, 0.15) is 34.0 Å². The lowest BCUT2D eigenvalue weighted by Gasteiger charge is -1.95. The summed E-state index contributed by atoms with van der Waals surface area (Å²) in [5, 5.41) is 0. The van der Waals surface area contributed by atoms with E-state index < -0.39 is 25.4 Å². The second-order valence-corrected chi connectivity index (χ2v) is 1.74. The molecule has 58 valence electrons. The maximum Gasteiger partial charge on any atom is 0.155 e. The zero-order valence-corrected chi connectivity index (χ0v) is 5.92. The minimum Gasteiger partial charge on any atom is -0.219 e. The van der Waals surface area contributed by atoms with Gasteiger partial charge in [-0.1, -0.05) is 6.08 Å². The van der Waals surface area contributed by atoms with Gasteiger partial charge in [0.25, 0.3) is 0 Å². The van der Waals surface area contributed by atoms with E-state index in [1.54, 1.807) is 0 Å². The molecule has 0 saturated heterocycles. The normalized spacial score (nSPS) is 23.4. The molecular weight excluding hydrogens is 138 g/mol. The summed E-state index contributed by atoms with van der Waals surface area (Å²) in [5.41, 5.74) is 0. The monoisotopic (exact) mass is 156 g/mol. The molecule has 0 N–H and O–H groups in total. The van der Waals surface area contributed by atoms with Gasteiger partial charge < -0.3 is 0 Å². The van der Waals surface area contributed by atoms with E-state index in [1.165, 1.54) is 13.0 Å². The van der Waals surface area contributed by atoms with E-state index in [0.29, 0.717) is 0 Å². The summed E-state index contributed by atoms with van der Waals surface area (Å²) in [7, 11) is 0. The van der Waals surface area contributed by atoms with Crippen molar-refractivity contribution < 1.29 is 9.60 Å². The molecule has 1 aromatic rings. The molecule has 0 atom stereocenters. The highest BCUT2D eigenvalue weighted by atomic mass is 15.0. The van der Waals surface area contributed by atoms with E-state index in [-0.39, 0.29) is 11.9 Å². The Morgan fingerprint density at radius 1 is 1.27 bits per heavy atom. The molecule has 1 heterocycles. The zero-order chi connectivity index (χ0) is 14.1. The molecule has 0 aliphatic rings. The highest BCUT2D eigenvalue weighted by Crippen LogP contribution is 1.95. The van der Waals surface area contributed by atoms with Gasteiger partial charge in [0.05, 0.1) is 1.37 Å². The third-order valence-electron chi connectivity index (χ3n) is 0.909. The Hall–Kier alpha value is -1.25. The number of hydrogen-bond acceptors (Lipinski definition) is 3. The topological polar surface area (TPSA) is 38.7 Å². The quantitative estimate of drug-likeness (QED) is 0.618. The zero-order valence-electron chi connectivity index (χ0n) is 12.9. The highest BCUT2D eigenvalue weighted by Gasteiger charge is 1.94. The third-order valence-corrected chi connectivity index (χ3v) is 0.909. The molecule has 0 fully saturated rings. The molecule has 0 unspecified atom stereocenters. The fourth-order valence-electron chi connectivity index (χ4n) is 0.570. The first-order valence-corrected chi connectivity index (χ1v) is 2.96. The van der Waals surface area contributed by atoms with Crippen molar-refractivity contribution in [3.05, 3.63) is 23.5 Å². The molecule has 0 saturated carbocycles. The molecule has 0 aliphatic heterocycles. The Labute approximate surface area is 76.1 Å². The Bertz CT molecular complexity index is 442. The minimum atomic E-state index is -2.65. The van der Waals surface area contributed by atoms with Crippen molar-refractivity contribution in [2.75, 3.05) is 0 Å². The summed E-state index contributed by atoms with van der Waals surface area (Å²) in [6.45, 7) is -3.76.